The van der Waals surface area contributed by atoms with Gasteiger partial charge in [-0.05, 0) is 75.9 Å². The van der Waals surface area contributed by atoms with Crippen molar-refractivity contribution >= 4 is 17.6 Å². The summed E-state index contributed by atoms with van der Waals surface area (Å²) in [6.07, 6.45) is 1.94. The molecule has 30 heavy (non-hydrogen) atoms. The Morgan fingerprint density at radius 3 is 2.47 bits per heavy atom. The lowest BCUT2D eigenvalue weighted by atomic mass is 9.87. The number of piperidine rings is 1. The van der Waals surface area contributed by atoms with Gasteiger partial charge in [0.25, 0.3) is 17.4 Å². The maximum Gasteiger partial charge on any atom is 0.262 e. The second-order valence-electron chi connectivity index (χ2n) is 8.14. The van der Waals surface area contributed by atoms with Crippen molar-refractivity contribution in [2.75, 3.05) is 18.8 Å². The number of benzene rings is 1. The number of pyridine rings is 1. The van der Waals surface area contributed by atoms with Gasteiger partial charge in [-0.15, -0.1) is 0 Å². The summed E-state index contributed by atoms with van der Waals surface area (Å²) in [7, 11) is 0. The van der Waals surface area contributed by atoms with Crippen LogP contribution in [0.15, 0.2) is 23.0 Å². The quantitative estimate of drug-likeness (QED) is 0.663. The first-order valence-electron chi connectivity index (χ1n) is 10.2. The average molecular weight is 410 g/mol. The summed E-state index contributed by atoms with van der Waals surface area (Å²) in [5, 5.41) is 5.57. The minimum absolute atomic E-state index is 0.00752. The molecular weight excluding hydrogens is 384 g/mol. The van der Waals surface area contributed by atoms with Gasteiger partial charge in [0.2, 0.25) is 0 Å². The fourth-order valence-corrected chi connectivity index (χ4v) is 4.31. The van der Waals surface area contributed by atoms with E-state index in [1.165, 1.54) is 10.1 Å². The molecule has 158 valence electrons. The minimum Gasteiger partial charge on any atom is -0.489 e. The average Bonchev–Trinajstić information content (AvgIpc) is 2.97. The maximum absolute atomic E-state index is 12.9. The Labute approximate surface area is 174 Å². The van der Waals surface area contributed by atoms with E-state index in [4.69, 9.17) is 10.5 Å². The van der Waals surface area contributed by atoms with E-state index in [9.17, 15) is 14.4 Å². The van der Waals surface area contributed by atoms with Gasteiger partial charge in [-0.1, -0.05) is 0 Å². The van der Waals surface area contributed by atoms with E-state index in [1.54, 1.807) is 0 Å². The summed E-state index contributed by atoms with van der Waals surface area (Å²) in [6, 6.07) is 5.03. The van der Waals surface area contributed by atoms with E-state index < -0.39 is 17.4 Å². The van der Waals surface area contributed by atoms with Gasteiger partial charge in [0, 0.05) is 6.07 Å². The number of fused-ring (bicyclic) bond motifs is 1. The van der Waals surface area contributed by atoms with Gasteiger partial charge in [0.15, 0.2) is 0 Å². The van der Waals surface area contributed by atoms with Crippen molar-refractivity contribution in [2.45, 2.75) is 45.6 Å². The van der Waals surface area contributed by atoms with Gasteiger partial charge >= 0.3 is 0 Å². The van der Waals surface area contributed by atoms with Crippen LogP contribution in [0.3, 0.4) is 0 Å². The number of nitrogens with one attached hydrogen (secondary N) is 2. The van der Waals surface area contributed by atoms with Crippen LogP contribution in [0.5, 0.6) is 5.75 Å². The van der Waals surface area contributed by atoms with Crippen molar-refractivity contribution in [1.82, 2.24) is 15.2 Å². The molecule has 0 radical (unpaired) electrons. The lowest BCUT2D eigenvalue weighted by molar-refractivity contribution is 0.0880. The third-order valence-corrected chi connectivity index (χ3v) is 5.68. The molecule has 0 saturated carbocycles. The Hall–Kier alpha value is -3.13. The number of aromatic nitrogens is 1. The van der Waals surface area contributed by atoms with Crippen molar-refractivity contribution in [2.24, 2.45) is 0 Å². The number of nitrogens with zero attached hydrogens (tertiary/aromatic N) is 1. The van der Waals surface area contributed by atoms with E-state index in [-0.39, 0.29) is 23.0 Å². The molecule has 1 fully saturated rings. The van der Waals surface area contributed by atoms with E-state index >= 15 is 0 Å². The summed E-state index contributed by atoms with van der Waals surface area (Å²) in [6.45, 7) is 7.76. The Morgan fingerprint density at radius 1 is 1.10 bits per heavy atom. The highest BCUT2D eigenvalue weighted by Gasteiger charge is 2.32. The van der Waals surface area contributed by atoms with Gasteiger partial charge in [-0.25, -0.2) is 0 Å². The van der Waals surface area contributed by atoms with Crippen LogP contribution in [0.4, 0.5) is 5.82 Å². The van der Waals surface area contributed by atoms with Crippen molar-refractivity contribution < 1.29 is 14.3 Å². The fourth-order valence-electron chi connectivity index (χ4n) is 4.31. The predicted octanol–water partition coefficient (Wildman–Crippen LogP) is 1.87. The minimum atomic E-state index is -0.609. The normalized spacial score (nSPS) is 16.7. The van der Waals surface area contributed by atoms with Crippen molar-refractivity contribution in [1.29, 1.82) is 0 Å². The molecule has 2 amide bonds. The number of ether oxygens (including phenoxy) is 1. The highest BCUT2D eigenvalue weighted by Crippen LogP contribution is 2.36. The second-order valence-corrected chi connectivity index (χ2v) is 8.14. The van der Waals surface area contributed by atoms with E-state index in [1.807, 2.05) is 32.9 Å². The number of imide groups is 1. The predicted molar refractivity (Wildman–Crippen MR) is 114 cm³/mol. The highest BCUT2D eigenvalue weighted by molar-refractivity contribution is 6.23. The van der Waals surface area contributed by atoms with E-state index in [2.05, 4.69) is 10.6 Å². The number of nitrogen functional groups attached to an aromatic ring is 1. The second kappa shape index (κ2) is 7.60. The number of nitrogens with two attached hydrogens (primary N) is 1. The Kier molecular flexibility index (Phi) is 5.11. The summed E-state index contributed by atoms with van der Waals surface area (Å²) < 4.78 is 7.32. The van der Waals surface area contributed by atoms with Crippen molar-refractivity contribution in [3.63, 3.8) is 0 Å². The molecule has 8 heteroatoms. The topological polar surface area (TPSA) is 115 Å². The SMILES string of the molecule is Cc1cc(-n2c(N)c3c(cc2=O)C(=O)NC3=O)c(OC(C)C)cc1C1CCNCC1. The van der Waals surface area contributed by atoms with Crippen LogP contribution >= 0.6 is 0 Å². The molecule has 1 saturated heterocycles. The fraction of sp³-hybridized carbons (Fsp3) is 0.409. The lowest BCUT2D eigenvalue weighted by Gasteiger charge is -2.27. The van der Waals surface area contributed by atoms with Crippen molar-refractivity contribution in [3.8, 4) is 11.4 Å². The molecule has 4 rings (SSSR count). The van der Waals surface area contributed by atoms with Gasteiger partial charge in [-0.3, -0.25) is 24.3 Å². The number of amides is 2. The first kappa shape index (κ1) is 20.2. The van der Waals surface area contributed by atoms with Gasteiger partial charge in [0.05, 0.1) is 22.9 Å². The Morgan fingerprint density at radius 2 is 1.80 bits per heavy atom. The van der Waals surface area contributed by atoms with E-state index in [0.29, 0.717) is 17.4 Å². The maximum atomic E-state index is 12.9. The first-order valence-corrected chi connectivity index (χ1v) is 10.2. The molecule has 0 spiro atoms. The number of rotatable bonds is 4. The largest absolute Gasteiger partial charge is 0.489 e. The molecule has 8 nitrogen and oxygen atoms in total. The molecule has 0 unspecified atom stereocenters. The summed E-state index contributed by atoms with van der Waals surface area (Å²) in [5.74, 6) is -0.337. The van der Waals surface area contributed by atoms with Crippen LogP contribution in [0.2, 0.25) is 0 Å². The van der Waals surface area contributed by atoms with Crippen molar-refractivity contribution in [3.05, 3.63) is 50.8 Å². The molecule has 2 aliphatic heterocycles. The Balaban J connectivity index is 1.92. The number of anilines is 1. The number of carbonyl (C=O) groups excluding carboxylic acids is 2. The Bertz CT molecular complexity index is 1100. The van der Waals surface area contributed by atoms with Crippen LogP contribution in [-0.4, -0.2) is 35.6 Å². The summed E-state index contributed by atoms with van der Waals surface area (Å²) in [4.78, 5) is 37.1. The van der Waals surface area contributed by atoms with Gasteiger partial charge in [0.1, 0.15) is 11.6 Å². The number of aryl methyl sites for hydroxylation is 1. The van der Waals surface area contributed by atoms with Crippen LogP contribution < -0.4 is 26.7 Å². The lowest BCUT2D eigenvalue weighted by Crippen LogP contribution is -2.27. The number of hydrogen-bond donors (Lipinski definition) is 3. The summed E-state index contributed by atoms with van der Waals surface area (Å²) >= 11 is 0. The molecule has 1 aromatic carbocycles. The van der Waals surface area contributed by atoms with Crippen LogP contribution in [0, 0.1) is 6.92 Å². The molecule has 3 heterocycles. The van der Waals surface area contributed by atoms with Gasteiger partial charge in [-0.2, -0.15) is 0 Å². The van der Waals surface area contributed by atoms with Gasteiger partial charge < -0.3 is 15.8 Å². The molecule has 2 aliphatic rings. The zero-order chi connectivity index (χ0) is 21.6. The van der Waals surface area contributed by atoms with Crippen LogP contribution in [-0.2, 0) is 0 Å². The molecule has 0 aliphatic carbocycles. The highest BCUT2D eigenvalue weighted by atomic mass is 16.5. The molecule has 1 aromatic heterocycles. The zero-order valence-electron chi connectivity index (χ0n) is 17.4. The third-order valence-electron chi connectivity index (χ3n) is 5.68. The molecule has 0 atom stereocenters. The smallest absolute Gasteiger partial charge is 0.262 e. The molecule has 4 N–H and O–H groups in total. The first-order chi connectivity index (χ1) is 14.3. The molecular formula is C22H26N4O4. The number of hydrogen-bond acceptors (Lipinski definition) is 6. The zero-order valence-corrected chi connectivity index (χ0v) is 17.4. The van der Waals surface area contributed by atoms with E-state index in [0.717, 1.165) is 37.6 Å². The number of carbonyl (C=O) groups is 2. The molecule has 2 aromatic rings. The standard InChI is InChI=1S/C22H26N4O4/c1-11(2)30-17-9-14(13-4-6-24-7-5-13)12(3)8-16(17)26-18(27)10-15-19(20(26)23)22(29)25-21(15)28/h8-11,13,24H,4-7,23H2,1-3H3,(H,25,28,29). The van der Waals surface area contributed by atoms with Crippen LogP contribution in [0.25, 0.3) is 5.69 Å². The third kappa shape index (κ3) is 3.37. The summed E-state index contributed by atoms with van der Waals surface area (Å²) in [5.41, 5.74) is 8.47. The molecule has 0 bridgehead atoms. The van der Waals surface area contributed by atoms with Crippen LogP contribution in [0.1, 0.15) is 64.4 Å². The monoisotopic (exact) mass is 410 g/mol.